The van der Waals surface area contributed by atoms with E-state index in [0.29, 0.717) is 18.7 Å². The standard InChI is InChI=1S/C25H35N5O2.HI/c1-19-8-6-10-21(16-19)24(31)27-12-13-28-25(26-2)29-18-23(30-14-4-5-15-30)20-9-7-11-22(17-20)32-3;/h6-11,16-17,23H,4-5,12-15,18H2,1-3H3,(H,27,31)(H2,26,28,29);1H. The van der Waals surface area contributed by atoms with Crippen LogP contribution in [0.4, 0.5) is 0 Å². The number of nitrogens with one attached hydrogen (secondary N) is 3. The van der Waals surface area contributed by atoms with Crippen LogP contribution in [0.2, 0.25) is 0 Å². The summed E-state index contributed by atoms with van der Waals surface area (Å²) in [7, 11) is 3.46. The number of likely N-dealkylation sites (tertiary alicyclic amines) is 1. The molecule has 0 bridgehead atoms. The fraction of sp³-hybridized carbons (Fsp3) is 0.440. The Kier molecular flexibility index (Phi) is 11.5. The summed E-state index contributed by atoms with van der Waals surface area (Å²) in [6.07, 6.45) is 2.46. The second-order valence-corrected chi connectivity index (χ2v) is 8.04. The number of amides is 1. The van der Waals surface area contributed by atoms with Gasteiger partial charge >= 0.3 is 0 Å². The van der Waals surface area contributed by atoms with E-state index in [1.54, 1.807) is 14.2 Å². The van der Waals surface area contributed by atoms with Gasteiger partial charge in [-0.3, -0.25) is 14.7 Å². The van der Waals surface area contributed by atoms with Crippen molar-refractivity contribution in [1.29, 1.82) is 0 Å². The molecule has 0 aromatic heterocycles. The third kappa shape index (κ3) is 8.19. The molecule has 2 aromatic carbocycles. The number of benzene rings is 2. The van der Waals surface area contributed by atoms with Gasteiger partial charge in [0.15, 0.2) is 5.96 Å². The van der Waals surface area contributed by atoms with Crippen molar-refractivity contribution in [3.63, 3.8) is 0 Å². The number of guanidine groups is 1. The molecule has 3 N–H and O–H groups in total. The van der Waals surface area contributed by atoms with Crippen LogP contribution >= 0.6 is 24.0 Å². The molecule has 0 saturated carbocycles. The minimum Gasteiger partial charge on any atom is -0.497 e. The highest BCUT2D eigenvalue weighted by molar-refractivity contribution is 14.0. The van der Waals surface area contributed by atoms with Crippen molar-refractivity contribution in [2.45, 2.75) is 25.8 Å². The number of aryl methyl sites for hydroxylation is 1. The van der Waals surface area contributed by atoms with Gasteiger partial charge in [0.05, 0.1) is 13.2 Å². The maximum atomic E-state index is 12.3. The van der Waals surface area contributed by atoms with Gasteiger partial charge < -0.3 is 20.7 Å². The topological polar surface area (TPSA) is 78.0 Å². The summed E-state index contributed by atoms with van der Waals surface area (Å²) in [6.45, 7) is 6.02. The molecular weight excluding hydrogens is 529 g/mol. The minimum atomic E-state index is -0.0643. The van der Waals surface area contributed by atoms with Gasteiger partial charge in [0, 0.05) is 32.2 Å². The quantitative estimate of drug-likeness (QED) is 0.188. The SMILES string of the molecule is CN=C(NCCNC(=O)c1cccc(C)c1)NCC(c1cccc(OC)c1)N1CCCC1.I. The van der Waals surface area contributed by atoms with E-state index in [4.69, 9.17) is 4.74 Å². The van der Waals surface area contributed by atoms with Gasteiger partial charge in [-0.1, -0.05) is 29.8 Å². The van der Waals surface area contributed by atoms with Crippen LogP contribution in [0.25, 0.3) is 0 Å². The van der Waals surface area contributed by atoms with Crippen LogP contribution in [0.15, 0.2) is 53.5 Å². The summed E-state index contributed by atoms with van der Waals surface area (Å²) in [5, 5.41) is 9.69. The maximum Gasteiger partial charge on any atom is 0.251 e. The summed E-state index contributed by atoms with van der Waals surface area (Å²) >= 11 is 0. The highest BCUT2D eigenvalue weighted by atomic mass is 127. The third-order valence-electron chi connectivity index (χ3n) is 5.73. The number of ether oxygens (including phenoxy) is 1. The zero-order chi connectivity index (χ0) is 22.8. The lowest BCUT2D eigenvalue weighted by atomic mass is 10.1. The molecule has 180 valence electrons. The molecule has 0 aliphatic carbocycles. The molecule has 2 aromatic rings. The second-order valence-electron chi connectivity index (χ2n) is 8.04. The largest absolute Gasteiger partial charge is 0.497 e. The van der Waals surface area contributed by atoms with Gasteiger partial charge in [-0.2, -0.15) is 0 Å². The van der Waals surface area contributed by atoms with Gasteiger partial charge in [-0.05, 0) is 62.7 Å². The number of carbonyl (C=O) groups is 1. The van der Waals surface area contributed by atoms with Gasteiger partial charge in [-0.15, -0.1) is 24.0 Å². The van der Waals surface area contributed by atoms with E-state index in [0.717, 1.165) is 36.9 Å². The van der Waals surface area contributed by atoms with E-state index in [1.807, 2.05) is 43.3 Å². The summed E-state index contributed by atoms with van der Waals surface area (Å²) < 4.78 is 5.43. The molecule has 8 heteroatoms. The van der Waals surface area contributed by atoms with Crippen molar-refractivity contribution in [2.24, 2.45) is 4.99 Å². The molecule has 33 heavy (non-hydrogen) atoms. The molecule has 1 fully saturated rings. The monoisotopic (exact) mass is 565 g/mol. The van der Waals surface area contributed by atoms with E-state index in [2.05, 4.69) is 38.0 Å². The Morgan fingerprint density at radius 2 is 1.79 bits per heavy atom. The normalized spacial score (nSPS) is 14.8. The predicted molar refractivity (Wildman–Crippen MR) is 145 cm³/mol. The Hall–Kier alpha value is -2.33. The first kappa shape index (κ1) is 26.9. The fourth-order valence-electron chi connectivity index (χ4n) is 4.02. The van der Waals surface area contributed by atoms with Crippen molar-refractivity contribution < 1.29 is 9.53 Å². The highest BCUT2D eigenvalue weighted by Crippen LogP contribution is 2.27. The molecule has 1 saturated heterocycles. The molecule has 1 amide bonds. The third-order valence-corrected chi connectivity index (χ3v) is 5.73. The van der Waals surface area contributed by atoms with Crippen molar-refractivity contribution >= 4 is 35.8 Å². The molecule has 1 aliphatic heterocycles. The number of carbonyl (C=O) groups excluding carboxylic acids is 1. The number of hydrogen-bond acceptors (Lipinski definition) is 4. The molecule has 1 atom stereocenters. The predicted octanol–water partition coefficient (Wildman–Crippen LogP) is 3.35. The molecule has 1 heterocycles. The Labute approximate surface area is 214 Å². The lowest BCUT2D eigenvalue weighted by molar-refractivity contribution is 0.0954. The number of hydrogen-bond donors (Lipinski definition) is 3. The molecule has 1 unspecified atom stereocenters. The first-order valence-corrected chi connectivity index (χ1v) is 11.3. The van der Waals surface area contributed by atoms with Crippen LogP contribution in [0.5, 0.6) is 5.75 Å². The zero-order valence-corrected chi connectivity index (χ0v) is 22.1. The van der Waals surface area contributed by atoms with Crippen LogP contribution in [-0.2, 0) is 0 Å². The number of aliphatic imine (C=N–C) groups is 1. The van der Waals surface area contributed by atoms with E-state index >= 15 is 0 Å². The molecule has 0 radical (unpaired) electrons. The van der Waals surface area contributed by atoms with E-state index in [-0.39, 0.29) is 35.9 Å². The Morgan fingerprint density at radius 1 is 1.06 bits per heavy atom. The van der Waals surface area contributed by atoms with Crippen LogP contribution in [0.3, 0.4) is 0 Å². The second kappa shape index (κ2) is 14.0. The first-order valence-electron chi connectivity index (χ1n) is 11.3. The Morgan fingerprint density at radius 3 is 2.48 bits per heavy atom. The van der Waals surface area contributed by atoms with Gasteiger partial charge in [-0.25, -0.2) is 0 Å². The fourth-order valence-corrected chi connectivity index (χ4v) is 4.02. The lowest BCUT2D eigenvalue weighted by Crippen LogP contribution is -2.44. The molecule has 3 rings (SSSR count). The Balaban J connectivity index is 0.00000385. The van der Waals surface area contributed by atoms with Crippen LogP contribution in [-0.4, -0.2) is 63.6 Å². The van der Waals surface area contributed by atoms with Gasteiger partial charge in [0.1, 0.15) is 5.75 Å². The number of nitrogens with zero attached hydrogens (tertiary/aromatic N) is 2. The zero-order valence-electron chi connectivity index (χ0n) is 19.8. The lowest BCUT2D eigenvalue weighted by Gasteiger charge is -2.29. The van der Waals surface area contributed by atoms with Crippen molar-refractivity contribution in [1.82, 2.24) is 20.9 Å². The Bertz CT molecular complexity index is 915. The van der Waals surface area contributed by atoms with Crippen molar-refractivity contribution in [3.05, 3.63) is 65.2 Å². The summed E-state index contributed by atoms with van der Waals surface area (Å²) in [5.41, 5.74) is 2.99. The number of halogens is 1. The van der Waals surface area contributed by atoms with E-state index < -0.39 is 0 Å². The number of methoxy groups -OCH3 is 1. The minimum absolute atomic E-state index is 0. The van der Waals surface area contributed by atoms with Gasteiger partial charge in [0.25, 0.3) is 5.91 Å². The molecule has 1 aliphatic rings. The first-order chi connectivity index (χ1) is 15.6. The van der Waals surface area contributed by atoms with Crippen molar-refractivity contribution in [2.75, 3.05) is 46.9 Å². The van der Waals surface area contributed by atoms with Crippen LogP contribution in [0.1, 0.15) is 40.4 Å². The molecule has 7 nitrogen and oxygen atoms in total. The summed E-state index contributed by atoms with van der Waals surface area (Å²) in [5.74, 6) is 1.53. The maximum absolute atomic E-state index is 12.3. The highest BCUT2D eigenvalue weighted by Gasteiger charge is 2.24. The van der Waals surface area contributed by atoms with Crippen molar-refractivity contribution in [3.8, 4) is 5.75 Å². The van der Waals surface area contributed by atoms with E-state index in [9.17, 15) is 4.79 Å². The average molecular weight is 566 g/mol. The summed E-state index contributed by atoms with van der Waals surface area (Å²) in [4.78, 5) is 19.1. The van der Waals surface area contributed by atoms with Gasteiger partial charge in [0.2, 0.25) is 0 Å². The van der Waals surface area contributed by atoms with Crippen LogP contribution < -0.4 is 20.7 Å². The smallest absolute Gasteiger partial charge is 0.251 e. The van der Waals surface area contributed by atoms with E-state index in [1.165, 1.54) is 18.4 Å². The number of rotatable bonds is 9. The average Bonchev–Trinajstić information content (AvgIpc) is 3.35. The molecular formula is C25H36IN5O2. The molecule has 0 spiro atoms. The summed E-state index contributed by atoms with van der Waals surface area (Å²) in [6, 6.07) is 16.1. The van der Waals surface area contributed by atoms with Crippen LogP contribution in [0, 0.1) is 6.92 Å².